The summed E-state index contributed by atoms with van der Waals surface area (Å²) >= 11 is 0. The maximum atomic E-state index is 12.8. The molecule has 1 unspecified atom stereocenters. The third-order valence-corrected chi connectivity index (χ3v) is 4.72. The lowest BCUT2D eigenvalue weighted by Crippen LogP contribution is -2.30. The molecule has 0 aliphatic heterocycles. The zero-order chi connectivity index (χ0) is 23.0. The van der Waals surface area contributed by atoms with E-state index in [4.69, 9.17) is 4.42 Å². The zero-order valence-corrected chi connectivity index (χ0v) is 16.9. The summed E-state index contributed by atoms with van der Waals surface area (Å²) in [6.07, 6.45) is -2.37. The van der Waals surface area contributed by atoms with Gasteiger partial charge in [0.2, 0.25) is 0 Å². The molecular weight excluding hydrogens is 429 g/mol. The van der Waals surface area contributed by atoms with E-state index in [1.54, 1.807) is 31.3 Å². The number of aromatic nitrogens is 3. The Labute approximate surface area is 179 Å². The Balaban J connectivity index is 1.55. The highest BCUT2D eigenvalue weighted by Gasteiger charge is 2.39. The van der Waals surface area contributed by atoms with E-state index in [1.165, 1.54) is 23.0 Å². The van der Waals surface area contributed by atoms with Gasteiger partial charge in [-0.3, -0.25) is 4.79 Å². The molecule has 1 atom stereocenters. The molecule has 0 aliphatic carbocycles. The van der Waals surface area contributed by atoms with E-state index in [0.717, 1.165) is 6.92 Å². The van der Waals surface area contributed by atoms with Crippen molar-refractivity contribution in [2.75, 3.05) is 0 Å². The van der Waals surface area contributed by atoms with Crippen molar-refractivity contribution in [2.45, 2.75) is 32.7 Å². The molecule has 3 aromatic heterocycles. The van der Waals surface area contributed by atoms with Gasteiger partial charge in [0.25, 0.3) is 5.91 Å². The first-order valence-electron chi connectivity index (χ1n) is 9.51. The summed E-state index contributed by atoms with van der Waals surface area (Å²) in [5.41, 5.74) is 1.24. The van der Waals surface area contributed by atoms with Gasteiger partial charge in [0, 0.05) is 17.8 Å². The fourth-order valence-corrected chi connectivity index (χ4v) is 3.14. The van der Waals surface area contributed by atoms with Crippen LogP contribution in [-0.2, 0) is 11.3 Å². The number of rotatable bonds is 5. The molecule has 1 amide bonds. The standard InChI is InChI=1S/C21H17F3N4O4/c1-11-6-13-8-14(9-26-19(29)16-10-27-28-5-3-4-25-18(16)28)32-17(13)15(7-11)20(30)31-12(2)21(22,23)24/h3-8,10,12H,9H2,1-2H3,(H,26,29). The fourth-order valence-electron chi connectivity index (χ4n) is 3.14. The number of halogens is 3. The Morgan fingerprint density at radius 1 is 1.25 bits per heavy atom. The highest BCUT2D eigenvalue weighted by atomic mass is 19.4. The maximum absolute atomic E-state index is 12.8. The van der Waals surface area contributed by atoms with E-state index in [-0.39, 0.29) is 23.3 Å². The number of hydrogen-bond donors (Lipinski definition) is 1. The summed E-state index contributed by atoms with van der Waals surface area (Å²) in [7, 11) is 0. The zero-order valence-electron chi connectivity index (χ0n) is 16.9. The third kappa shape index (κ3) is 4.13. The third-order valence-electron chi connectivity index (χ3n) is 4.72. The minimum absolute atomic E-state index is 0.0236. The van der Waals surface area contributed by atoms with Crippen LogP contribution < -0.4 is 5.32 Å². The minimum atomic E-state index is -4.68. The van der Waals surface area contributed by atoms with E-state index in [2.05, 4.69) is 20.1 Å². The molecule has 166 valence electrons. The lowest BCUT2D eigenvalue weighted by Gasteiger charge is -2.16. The Morgan fingerprint density at radius 2 is 2.03 bits per heavy atom. The maximum Gasteiger partial charge on any atom is 0.425 e. The molecule has 0 bridgehead atoms. The molecule has 32 heavy (non-hydrogen) atoms. The molecule has 0 spiro atoms. The molecule has 3 heterocycles. The second-order valence-corrected chi connectivity index (χ2v) is 7.16. The van der Waals surface area contributed by atoms with Crippen LogP contribution in [0.15, 0.2) is 47.3 Å². The summed E-state index contributed by atoms with van der Waals surface area (Å²) in [5, 5.41) is 7.23. The molecule has 0 saturated carbocycles. The molecule has 8 nitrogen and oxygen atoms in total. The molecular formula is C21H17F3N4O4. The van der Waals surface area contributed by atoms with Crippen molar-refractivity contribution in [3.63, 3.8) is 0 Å². The Bertz CT molecular complexity index is 1330. The molecule has 0 aliphatic rings. The number of hydrogen-bond acceptors (Lipinski definition) is 6. The van der Waals surface area contributed by atoms with Gasteiger partial charge in [-0.2, -0.15) is 18.3 Å². The van der Waals surface area contributed by atoms with Gasteiger partial charge in [-0.25, -0.2) is 14.3 Å². The summed E-state index contributed by atoms with van der Waals surface area (Å²) in [4.78, 5) is 29.0. The van der Waals surface area contributed by atoms with Gasteiger partial charge in [-0.05, 0) is 43.7 Å². The van der Waals surface area contributed by atoms with Crippen LogP contribution in [0.3, 0.4) is 0 Å². The number of fused-ring (bicyclic) bond motifs is 2. The van der Waals surface area contributed by atoms with E-state index >= 15 is 0 Å². The van der Waals surface area contributed by atoms with Crippen LogP contribution in [0.2, 0.25) is 0 Å². The van der Waals surface area contributed by atoms with Gasteiger partial charge in [-0.1, -0.05) is 0 Å². The van der Waals surface area contributed by atoms with Gasteiger partial charge in [0.15, 0.2) is 11.8 Å². The van der Waals surface area contributed by atoms with E-state index in [9.17, 15) is 22.8 Å². The fraction of sp³-hybridized carbons (Fsp3) is 0.238. The Kier molecular flexibility index (Phi) is 5.33. The number of nitrogens with one attached hydrogen (secondary N) is 1. The van der Waals surface area contributed by atoms with E-state index in [1.807, 2.05) is 0 Å². The second-order valence-electron chi connectivity index (χ2n) is 7.16. The largest absolute Gasteiger partial charge is 0.458 e. The van der Waals surface area contributed by atoms with Gasteiger partial charge in [-0.15, -0.1) is 0 Å². The summed E-state index contributed by atoms with van der Waals surface area (Å²) in [5.74, 6) is -1.28. The molecule has 11 heteroatoms. The van der Waals surface area contributed by atoms with Crippen LogP contribution in [0.4, 0.5) is 13.2 Å². The first-order chi connectivity index (χ1) is 15.1. The van der Waals surface area contributed by atoms with E-state index in [0.29, 0.717) is 22.4 Å². The van der Waals surface area contributed by atoms with Crippen LogP contribution in [0.25, 0.3) is 16.6 Å². The SMILES string of the molecule is Cc1cc(C(=O)OC(C)C(F)(F)F)c2oc(CNC(=O)c3cnn4cccnc34)cc2c1. The van der Waals surface area contributed by atoms with Crippen molar-refractivity contribution in [3.05, 3.63) is 65.3 Å². The topological polar surface area (TPSA) is 98.7 Å². The van der Waals surface area contributed by atoms with Crippen molar-refractivity contribution in [1.82, 2.24) is 19.9 Å². The number of aryl methyl sites for hydroxylation is 1. The van der Waals surface area contributed by atoms with Crippen molar-refractivity contribution < 1.29 is 31.9 Å². The van der Waals surface area contributed by atoms with Gasteiger partial charge in [0.1, 0.15) is 22.5 Å². The average molecular weight is 446 g/mol. The van der Waals surface area contributed by atoms with E-state index < -0.39 is 24.2 Å². The Hall–Kier alpha value is -3.89. The number of nitrogens with zero attached hydrogens (tertiary/aromatic N) is 3. The molecule has 0 fully saturated rings. The summed E-state index contributed by atoms with van der Waals surface area (Å²) in [6.45, 7) is 2.42. The predicted octanol–water partition coefficient (Wildman–Crippen LogP) is 3.82. The monoisotopic (exact) mass is 446 g/mol. The highest BCUT2D eigenvalue weighted by molar-refractivity contribution is 6.03. The van der Waals surface area contributed by atoms with Crippen molar-refractivity contribution in [3.8, 4) is 0 Å². The van der Waals surface area contributed by atoms with Crippen molar-refractivity contribution in [1.29, 1.82) is 0 Å². The predicted molar refractivity (Wildman–Crippen MR) is 106 cm³/mol. The molecule has 4 rings (SSSR count). The van der Waals surface area contributed by atoms with Crippen LogP contribution in [-0.4, -0.2) is 38.8 Å². The molecule has 4 aromatic rings. The quantitative estimate of drug-likeness (QED) is 0.468. The minimum Gasteiger partial charge on any atom is -0.458 e. The number of carbonyl (C=O) groups excluding carboxylic acids is 2. The van der Waals surface area contributed by atoms with Gasteiger partial charge in [0.05, 0.1) is 12.7 Å². The number of esters is 1. The summed E-state index contributed by atoms with van der Waals surface area (Å²) < 4.78 is 50.0. The molecule has 0 saturated heterocycles. The molecule has 1 N–H and O–H groups in total. The van der Waals surface area contributed by atoms with Crippen LogP contribution in [0, 0.1) is 6.92 Å². The lowest BCUT2D eigenvalue weighted by atomic mass is 10.1. The van der Waals surface area contributed by atoms with Crippen LogP contribution >= 0.6 is 0 Å². The number of amides is 1. The molecule has 1 aromatic carbocycles. The van der Waals surface area contributed by atoms with Gasteiger partial charge < -0.3 is 14.5 Å². The number of benzene rings is 1. The van der Waals surface area contributed by atoms with Gasteiger partial charge >= 0.3 is 12.1 Å². The van der Waals surface area contributed by atoms with Crippen LogP contribution in [0.5, 0.6) is 0 Å². The number of ether oxygens (including phenoxy) is 1. The first kappa shape index (κ1) is 21.3. The number of carbonyl (C=O) groups is 2. The highest BCUT2D eigenvalue weighted by Crippen LogP contribution is 2.28. The van der Waals surface area contributed by atoms with Crippen LogP contribution in [0.1, 0.15) is 39.0 Å². The smallest absolute Gasteiger partial charge is 0.425 e. The molecule has 0 radical (unpaired) electrons. The average Bonchev–Trinajstić information content (AvgIpc) is 3.34. The van der Waals surface area contributed by atoms with Crippen molar-refractivity contribution >= 4 is 28.5 Å². The Morgan fingerprint density at radius 3 is 2.78 bits per heavy atom. The summed E-state index contributed by atoms with van der Waals surface area (Å²) in [6, 6.07) is 6.38. The first-order valence-corrected chi connectivity index (χ1v) is 9.51. The number of alkyl halides is 3. The normalized spacial score (nSPS) is 12.8. The number of furan rings is 1. The van der Waals surface area contributed by atoms with Crippen molar-refractivity contribution in [2.24, 2.45) is 0 Å². The second kappa shape index (κ2) is 7.98. The lowest BCUT2D eigenvalue weighted by molar-refractivity contribution is -0.198.